The molecule has 2 aromatic rings. The topological polar surface area (TPSA) is 96.0 Å². The predicted molar refractivity (Wildman–Crippen MR) is 122 cm³/mol. The number of nitrogens with zero attached hydrogens (tertiary/aromatic N) is 2. The van der Waals surface area contributed by atoms with Gasteiger partial charge in [-0.3, -0.25) is 9.59 Å². The highest BCUT2D eigenvalue weighted by atomic mass is 32.2. The lowest BCUT2D eigenvalue weighted by Gasteiger charge is -2.19. The summed E-state index contributed by atoms with van der Waals surface area (Å²) < 4.78 is 31.9. The van der Waals surface area contributed by atoms with Gasteiger partial charge in [0.25, 0.3) is 0 Å². The van der Waals surface area contributed by atoms with E-state index < -0.39 is 15.9 Å². The highest BCUT2D eigenvalue weighted by molar-refractivity contribution is 7.89. The number of carbonyl (C=O) groups is 2. The normalized spacial score (nSPS) is 16.4. The van der Waals surface area contributed by atoms with Crippen molar-refractivity contribution in [2.45, 2.75) is 31.7 Å². The number of rotatable bonds is 9. The molecule has 8 nitrogen and oxygen atoms in total. The average Bonchev–Trinajstić information content (AvgIpc) is 3.19. The van der Waals surface area contributed by atoms with Gasteiger partial charge in [-0.15, -0.1) is 0 Å². The fourth-order valence-electron chi connectivity index (χ4n) is 3.79. The van der Waals surface area contributed by atoms with E-state index in [1.54, 1.807) is 62.3 Å². The second-order valence-electron chi connectivity index (χ2n) is 7.53. The van der Waals surface area contributed by atoms with Crippen LogP contribution in [0.1, 0.15) is 25.8 Å². The van der Waals surface area contributed by atoms with E-state index >= 15 is 0 Å². The van der Waals surface area contributed by atoms with Gasteiger partial charge < -0.3 is 15.0 Å². The molecule has 2 amide bonds. The van der Waals surface area contributed by atoms with E-state index in [1.807, 2.05) is 12.1 Å². The van der Waals surface area contributed by atoms with Gasteiger partial charge in [0, 0.05) is 32.6 Å². The van der Waals surface area contributed by atoms with Gasteiger partial charge in [-0.05, 0) is 29.8 Å². The molecule has 0 aliphatic carbocycles. The number of anilines is 1. The lowest BCUT2D eigenvalue weighted by Crippen LogP contribution is -2.32. The van der Waals surface area contributed by atoms with Gasteiger partial charge in [-0.25, -0.2) is 8.42 Å². The van der Waals surface area contributed by atoms with Crippen molar-refractivity contribution < 1.29 is 22.7 Å². The Balaban J connectivity index is 1.61. The molecule has 1 aliphatic rings. The summed E-state index contributed by atoms with van der Waals surface area (Å²) in [4.78, 5) is 27.0. The molecular weight excluding hydrogens is 430 g/mol. The summed E-state index contributed by atoms with van der Waals surface area (Å²) in [7, 11) is -1.97. The number of hydrogen-bond donors (Lipinski definition) is 1. The van der Waals surface area contributed by atoms with Crippen LogP contribution in [0, 0.1) is 5.92 Å². The predicted octanol–water partition coefficient (Wildman–Crippen LogP) is 2.40. The van der Waals surface area contributed by atoms with Gasteiger partial charge in [0.1, 0.15) is 5.75 Å². The Labute approximate surface area is 189 Å². The molecule has 1 aliphatic heterocycles. The van der Waals surface area contributed by atoms with Crippen molar-refractivity contribution in [3.63, 3.8) is 0 Å². The van der Waals surface area contributed by atoms with Crippen molar-refractivity contribution in [3.05, 3.63) is 54.1 Å². The van der Waals surface area contributed by atoms with Crippen LogP contribution in [-0.2, 0) is 26.2 Å². The van der Waals surface area contributed by atoms with Crippen LogP contribution in [0.5, 0.6) is 5.75 Å². The summed E-state index contributed by atoms with van der Waals surface area (Å²) in [5.74, 6) is -0.215. The highest BCUT2D eigenvalue weighted by Gasteiger charge is 2.36. The molecule has 1 fully saturated rings. The number of benzene rings is 2. The Kier molecular flexibility index (Phi) is 7.52. The molecule has 1 heterocycles. The van der Waals surface area contributed by atoms with Crippen molar-refractivity contribution in [2.24, 2.45) is 5.92 Å². The maximum Gasteiger partial charge on any atom is 0.243 e. The smallest absolute Gasteiger partial charge is 0.243 e. The highest BCUT2D eigenvalue weighted by Crippen LogP contribution is 2.32. The van der Waals surface area contributed by atoms with Crippen LogP contribution in [0.3, 0.4) is 0 Å². The standard InChI is InChI=1S/C23H29N3O5S/c1-4-25(5-2)32(29,30)19-12-10-17(11-13-19)15-24-23(28)18-14-22(27)26(16-18)20-8-6-7-9-21(20)31-3/h6-13,18H,4-5,14-16H2,1-3H3,(H,24,28)/t18-/m1/s1. The molecule has 3 rings (SSSR count). The van der Waals surface area contributed by atoms with E-state index in [1.165, 1.54) is 4.31 Å². The molecule has 0 radical (unpaired) electrons. The zero-order valence-corrected chi connectivity index (χ0v) is 19.4. The molecular formula is C23H29N3O5S. The van der Waals surface area contributed by atoms with Gasteiger partial charge in [-0.2, -0.15) is 4.31 Å². The number of amides is 2. The zero-order chi connectivity index (χ0) is 23.3. The Bertz CT molecular complexity index is 1070. The molecule has 9 heteroatoms. The second kappa shape index (κ2) is 10.1. The van der Waals surface area contributed by atoms with E-state index in [9.17, 15) is 18.0 Å². The fraction of sp³-hybridized carbons (Fsp3) is 0.391. The molecule has 172 valence electrons. The number of hydrogen-bond acceptors (Lipinski definition) is 5. The van der Waals surface area contributed by atoms with Crippen molar-refractivity contribution in [1.82, 2.24) is 9.62 Å². The fourth-order valence-corrected chi connectivity index (χ4v) is 5.25. The van der Waals surface area contributed by atoms with Crippen LogP contribution >= 0.6 is 0 Å². The molecule has 0 saturated carbocycles. The minimum Gasteiger partial charge on any atom is -0.495 e. The van der Waals surface area contributed by atoms with Crippen LogP contribution in [0.4, 0.5) is 5.69 Å². The molecule has 1 atom stereocenters. The molecule has 2 aromatic carbocycles. The van der Waals surface area contributed by atoms with E-state index in [0.29, 0.717) is 24.5 Å². The van der Waals surface area contributed by atoms with Crippen molar-refractivity contribution >= 4 is 27.5 Å². The molecule has 1 saturated heterocycles. The van der Waals surface area contributed by atoms with Gasteiger partial charge >= 0.3 is 0 Å². The summed E-state index contributed by atoms with van der Waals surface area (Å²) in [6.45, 7) is 4.95. The number of para-hydroxylation sites is 2. The second-order valence-corrected chi connectivity index (χ2v) is 9.47. The molecule has 1 N–H and O–H groups in total. The van der Waals surface area contributed by atoms with Gasteiger partial charge in [0.2, 0.25) is 21.8 Å². The first-order chi connectivity index (χ1) is 15.3. The summed E-state index contributed by atoms with van der Waals surface area (Å²) >= 11 is 0. The zero-order valence-electron chi connectivity index (χ0n) is 18.6. The molecule has 0 spiro atoms. The van der Waals surface area contributed by atoms with Gasteiger partial charge in [-0.1, -0.05) is 38.1 Å². The lowest BCUT2D eigenvalue weighted by atomic mass is 10.1. The van der Waals surface area contributed by atoms with Gasteiger partial charge in [0.05, 0.1) is 23.6 Å². The monoisotopic (exact) mass is 459 g/mol. The minimum absolute atomic E-state index is 0.124. The SMILES string of the molecule is CCN(CC)S(=O)(=O)c1ccc(CNC(=O)[C@@H]2CC(=O)N(c3ccccc3OC)C2)cc1. The van der Waals surface area contributed by atoms with E-state index in [4.69, 9.17) is 4.74 Å². The van der Waals surface area contributed by atoms with Crippen molar-refractivity contribution in [1.29, 1.82) is 0 Å². The number of sulfonamides is 1. The summed E-state index contributed by atoms with van der Waals surface area (Å²) in [5.41, 5.74) is 1.43. The molecule has 0 bridgehead atoms. The summed E-state index contributed by atoms with van der Waals surface area (Å²) in [6, 6.07) is 13.7. The van der Waals surface area contributed by atoms with Crippen LogP contribution in [0.25, 0.3) is 0 Å². The Hall–Kier alpha value is -2.91. The number of methoxy groups -OCH3 is 1. The third kappa shape index (κ3) is 4.94. The Morgan fingerprint density at radius 3 is 2.41 bits per heavy atom. The first-order valence-electron chi connectivity index (χ1n) is 10.6. The van der Waals surface area contributed by atoms with E-state index in [2.05, 4.69) is 5.32 Å². The third-order valence-electron chi connectivity index (χ3n) is 5.61. The molecule has 0 unspecified atom stereocenters. The van der Waals surface area contributed by atoms with Crippen LogP contribution in [-0.4, -0.2) is 51.3 Å². The summed E-state index contributed by atoms with van der Waals surface area (Å²) in [5, 5.41) is 2.86. The van der Waals surface area contributed by atoms with E-state index in [0.717, 1.165) is 5.56 Å². The minimum atomic E-state index is -3.51. The first-order valence-corrected chi connectivity index (χ1v) is 12.1. The maximum atomic E-state index is 12.7. The average molecular weight is 460 g/mol. The largest absolute Gasteiger partial charge is 0.495 e. The Morgan fingerprint density at radius 1 is 1.12 bits per heavy atom. The Morgan fingerprint density at radius 2 is 1.78 bits per heavy atom. The lowest BCUT2D eigenvalue weighted by molar-refractivity contribution is -0.126. The molecule has 0 aromatic heterocycles. The third-order valence-corrected chi connectivity index (χ3v) is 7.67. The quantitative estimate of drug-likeness (QED) is 0.621. The van der Waals surface area contributed by atoms with Crippen molar-refractivity contribution in [2.75, 3.05) is 31.6 Å². The van der Waals surface area contributed by atoms with Crippen LogP contribution in [0.2, 0.25) is 0 Å². The maximum absolute atomic E-state index is 12.7. The van der Waals surface area contributed by atoms with E-state index in [-0.39, 0.29) is 36.2 Å². The van der Waals surface area contributed by atoms with Crippen LogP contribution < -0.4 is 15.0 Å². The van der Waals surface area contributed by atoms with Crippen LogP contribution in [0.15, 0.2) is 53.4 Å². The number of nitrogens with one attached hydrogen (secondary N) is 1. The molecule has 32 heavy (non-hydrogen) atoms. The van der Waals surface area contributed by atoms with Crippen molar-refractivity contribution in [3.8, 4) is 5.75 Å². The van der Waals surface area contributed by atoms with Gasteiger partial charge in [0.15, 0.2) is 0 Å². The number of ether oxygens (including phenoxy) is 1. The first kappa shape index (κ1) is 23.7. The number of carbonyl (C=O) groups excluding carboxylic acids is 2. The summed E-state index contributed by atoms with van der Waals surface area (Å²) in [6.07, 6.45) is 0.130.